The van der Waals surface area contributed by atoms with Gasteiger partial charge < -0.3 is 5.73 Å². The Kier molecular flexibility index (Phi) is 3.24. The van der Waals surface area contributed by atoms with Crippen molar-refractivity contribution in [2.75, 3.05) is 5.73 Å². The van der Waals surface area contributed by atoms with Crippen molar-refractivity contribution in [3.8, 4) is 0 Å². The lowest BCUT2D eigenvalue weighted by molar-refractivity contribution is 0.646. The normalized spacial score (nSPS) is 10.9. The SMILES string of the molecule is CCc1nn(Cc2cncs2)c(CC)c1N. The molecule has 0 amide bonds. The third-order valence-corrected chi connectivity index (χ3v) is 3.40. The standard InChI is InChI=1S/C11H16N4S/c1-3-9-11(12)10(4-2)15(14-9)6-8-5-13-7-16-8/h5,7H,3-4,6,12H2,1-2H3. The molecule has 0 aliphatic carbocycles. The molecule has 0 saturated carbocycles. The van der Waals surface area contributed by atoms with Crippen LogP contribution in [0.4, 0.5) is 5.69 Å². The Labute approximate surface area is 99.1 Å². The lowest BCUT2D eigenvalue weighted by Gasteiger charge is -2.03. The van der Waals surface area contributed by atoms with Gasteiger partial charge in [-0.3, -0.25) is 9.67 Å². The monoisotopic (exact) mass is 236 g/mol. The highest BCUT2D eigenvalue weighted by molar-refractivity contribution is 7.09. The van der Waals surface area contributed by atoms with Crippen LogP contribution < -0.4 is 5.73 Å². The molecule has 0 fully saturated rings. The maximum absolute atomic E-state index is 6.06. The Morgan fingerprint density at radius 2 is 2.19 bits per heavy atom. The molecule has 0 unspecified atom stereocenters. The van der Waals surface area contributed by atoms with Crippen molar-refractivity contribution in [3.63, 3.8) is 0 Å². The number of nitrogens with two attached hydrogens (primary N) is 1. The number of anilines is 1. The minimum atomic E-state index is 0.776. The number of hydrogen-bond donors (Lipinski definition) is 1. The summed E-state index contributed by atoms with van der Waals surface area (Å²) in [4.78, 5) is 5.28. The molecule has 16 heavy (non-hydrogen) atoms. The minimum absolute atomic E-state index is 0.776. The van der Waals surface area contributed by atoms with Crippen molar-refractivity contribution < 1.29 is 0 Å². The molecule has 0 atom stereocenters. The van der Waals surface area contributed by atoms with E-state index in [4.69, 9.17) is 5.73 Å². The number of aromatic nitrogens is 3. The molecule has 2 N–H and O–H groups in total. The van der Waals surface area contributed by atoms with Crippen molar-refractivity contribution in [1.82, 2.24) is 14.8 Å². The van der Waals surface area contributed by atoms with Crippen molar-refractivity contribution in [3.05, 3.63) is 28.0 Å². The first-order valence-corrected chi connectivity index (χ1v) is 6.35. The first-order valence-electron chi connectivity index (χ1n) is 5.47. The van der Waals surface area contributed by atoms with Crippen LogP contribution in [0.1, 0.15) is 30.1 Å². The summed E-state index contributed by atoms with van der Waals surface area (Å²) in [5.41, 5.74) is 10.9. The lowest BCUT2D eigenvalue weighted by Crippen LogP contribution is -2.05. The van der Waals surface area contributed by atoms with Gasteiger partial charge in [-0.1, -0.05) is 13.8 Å². The quantitative estimate of drug-likeness (QED) is 0.884. The molecule has 86 valence electrons. The lowest BCUT2D eigenvalue weighted by atomic mass is 10.2. The number of nitrogen functional groups attached to an aromatic ring is 1. The predicted octanol–water partition coefficient (Wildman–Crippen LogP) is 2.09. The number of hydrogen-bond acceptors (Lipinski definition) is 4. The number of thiazole rings is 1. The largest absolute Gasteiger partial charge is 0.396 e. The number of rotatable bonds is 4. The second-order valence-electron chi connectivity index (χ2n) is 3.64. The molecule has 2 aromatic heterocycles. The topological polar surface area (TPSA) is 56.7 Å². The van der Waals surface area contributed by atoms with E-state index in [1.807, 2.05) is 16.4 Å². The fraction of sp³-hybridized carbons (Fsp3) is 0.455. The van der Waals surface area contributed by atoms with Gasteiger partial charge in [-0.05, 0) is 12.8 Å². The molecule has 0 aromatic carbocycles. The van der Waals surface area contributed by atoms with Gasteiger partial charge >= 0.3 is 0 Å². The summed E-state index contributed by atoms with van der Waals surface area (Å²) in [7, 11) is 0. The van der Waals surface area contributed by atoms with E-state index < -0.39 is 0 Å². The molecule has 0 spiro atoms. The Hall–Kier alpha value is -1.36. The van der Waals surface area contributed by atoms with Gasteiger partial charge in [0.2, 0.25) is 0 Å². The van der Waals surface area contributed by atoms with Crippen LogP contribution in [0, 0.1) is 0 Å². The van der Waals surface area contributed by atoms with Crippen LogP contribution in [-0.2, 0) is 19.4 Å². The van der Waals surface area contributed by atoms with Crippen LogP contribution in [0.25, 0.3) is 0 Å². The van der Waals surface area contributed by atoms with Gasteiger partial charge in [-0.15, -0.1) is 11.3 Å². The maximum atomic E-state index is 6.06. The molecule has 0 radical (unpaired) electrons. The van der Waals surface area contributed by atoms with Gasteiger partial charge in [0.05, 0.1) is 29.1 Å². The van der Waals surface area contributed by atoms with E-state index in [0.29, 0.717) is 0 Å². The highest BCUT2D eigenvalue weighted by Gasteiger charge is 2.12. The van der Waals surface area contributed by atoms with Crippen LogP contribution in [-0.4, -0.2) is 14.8 Å². The van der Waals surface area contributed by atoms with Crippen molar-refractivity contribution in [2.45, 2.75) is 33.2 Å². The summed E-state index contributed by atoms with van der Waals surface area (Å²) >= 11 is 1.65. The van der Waals surface area contributed by atoms with Crippen LogP contribution in [0.15, 0.2) is 11.7 Å². The van der Waals surface area contributed by atoms with E-state index in [-0.39, 0.29) is 0 Å². The first kappa shape index (κ1) is 11.1. The van der Waals surface area contributed by atoms with E-state index in [2.05, 4.69) is 23.9 Å². The van der Waals surface area contributed by atoms with E-state index in [0.717, 1.165) is 36.5 Å². The van der Waals surface area contributed by atoms with Crippen LogP contribution >= 0.6 is 11.3 Å². The van der Waals surface area contributed by atoms with Crippen LogP contribution in [0.5, 0.6) is 0 Å². The Bertz CT molecular complexity index is 459. The van der Waals surface area contributed by atoms with Crippen molar-refractivity contribution in [1.29, 1.82) is 0 Å². The molecule has 2 heterocycles. The van der Waals surface area contributed by atoms with Gasteiger partial charge in [0.15, 0.2) is 0 Å². The summed E-state index contributed by atoms with van der Waals surface area (Å²) in [6.45, 7) is 4.96. The van der Waals surface area contributed by atoms with E-state index in [1.54, 1.807) is 11.3 Å². The van der Waals surface area contributed by atoms with Gasteiger partial charge in [-0.2, -0.15) is 5.10 Å². The second kappa shape index (κ2) is 4.65. The number of nitrogens with zero attached hydrogens (tertiary/aromatic N) is 3. The third kappa shape index (κ3) is 1.95. The highest BCUT2D eigenvalue weighted by Crippen LogP contribution is 2.20. The molecular formula is C11H16N4S. The fourth-order valence-corrected chi connectivity index (χ4v) is 2.37. The summed E-state index contributed by atoms with van der Waals surface area (Å²) < 4.78 is 2.00. The van der Waals surface area contributed by atoms with E-state index >= 15 is 0 Å². The summed E-state index contributed by atoms with van der Waals surface area (Å²) in [6, 6.07) is 0. The van der Waals surface area contributed by atoms with Gasteiger partial charge in [0, 0.05) is 11.1 Å². The predicted molar refractivity (Wildman–Crippen MR) is 66.6 cm³/mol. The molecule has 0 aliphatic heterocycles. The fourth-order valence-electron chi connectivity index (χ4n) is 1.80. The molecule has 0 saturated heterocycles. The molecule has 2 rings (SSSR count). The van der Waals surface area contributed by atoms with E-state index in [9.17, 15) is 0 Å². The molecular weight excluding hydrogens is 220 g/mol. The summed E-state index contributed by atoms with van der Waals surface area (Å²) in [6.07, 6.45) is 3.68. The third-order valence-electron chi connectivity index (χ3n) is 2.63. The molecule has 0 aliphatic rings. The first-order chi connectivity index (χ1) is 7.76. The molecule has 0 bridgehead atoms. The van der Waals surface area contributed by atoms with Gasteiger partial charge in [0.1, 0.15) is 0 Å². The Balaban J connectivity index is 2.33. The van der Waals surface area contributed by atoms with Crippen molar-refractivity contribution >= 4 is 17.0 Å². The minimum Gasteiger partial charge on any atom is -0.396 e. The summed E-state index contributed by atoms with van der Waals surface area (Å²) in [5, 5.41) is 4.54. The average Bonchev–Trinajstić information content (AvgIpc) is 2.87. The zero-order chi connectivity index (χ0) is 11.5. The molecule has 5 heteroatoms. The Morgan fingerprint density at radius 1 is 1.38 bits per heavy atom. The van der Waals surface area contributed by atoms with Crippen molar-refractivity contribution in [2.24, 2.45) is 0 Å². The highest BCUT2D eigenvalue weighted by atomic mass is 32.1. The maximum Gasteiger partial charge on any atom is 0.0854 e. The second-order valence-corrected chi connectivity index (χ2v) is 4.61. The Morgan fingerprint density at radius 3 is 2.75 bits per heavy atom. The number of aryl methyl sites for hydroxylation is 1. The summed E-state index contributed by atoms with van der Waals surface area (Å²) in [5.74, 6) is 0. The van der Waals surface area contributed by atoms with Gasteiger partial charge in [0.25, 0.3) is 0 Å². The zero-order valence-corrected chi connectivity index (χ0v) is 10.4. The van der Waals surface area contributed by atoms with Crippen LogP contribution in [0.3, 0.4) is 0 Å². The van der Waals surface area contributed by atoms with Gasteiger partial charge in [-0.25, -0.2) is 0 Å². The van der Waals surface area contributed by atoms with E-state index in [1.165, 1.54) is 4.88 Å². The molecule has 4 nitrogen and oxygen atoms in total. The smallest absolute Gasteiger partial charge is 0.0854 e. The zero-order valence-electron chi connectivity index (χ0n) is 9.60. The molecule has 2 aromatic rings. The van der Waals surface area contributed by atoms with Crippen LogP contribution in [0.2, 0.25) is 0 Å². The average molecular weight is 236 g/mol.